The van der Waals surface area contributed by atoms with Gasteiger partial charge in [0.05, 0.1) is 0 Å². The van der Waals surface area contributed by atoms with Gasteiger partial charge in [-0.25, -0.2) is 0 Å². The maximum absolute atomic E-state index is 4.74. The minimum Gasteiger partial charge on any atom is -0.362 e. The number of rotatable bonds is 4. The lowest BCUT2D eigenvalue weighted by molar-refractivity contribution is 0.318. The Morgan fingerprint density at radius 2 is 2.12 bits per heavy atom. The molecule has 1 aliphatic heterocycles. The summed E-state index contributed by atoms with van der Waals surface area (Å²) in [5.74, 6) is 2.15. The van der Waals surface area contributed by atoms with Gasteiger partial charge in [-0.05, 0) is 30.6 Å². The number of hydrogen-bond donors (Lipinski definition) is 1. The molecule has 2 unspecified atom stereocenters. The lowest BCUT2D eigenvalue weighted by Gasteiger charge is -2.33. The average molecular weight is 240 g/mol. The molecule has 0 radical (unpaired) electrons. The second kappa shape index (κ2) is 4.99. The summed E-state index contributed by atoms with van der Waals surface area (Å²) >= 11 is 1.94. The Kier molecular flexibility index (Phi) is 3.83. The molecule has 1 aliphatic carbocycles. The molecule has 2 nitrogen and oxygen atoms in total. The van der Waals surface area contributed by atoms with Crippen LogP contribution >= 0.6 is 11.8 Å². The lowest BCUT2D eigenvalue weighted by Crippen LogP contribution is -2.35. The summed E-state index contributed by atoms with van der Waals surface area (Å²) < 4.78 is 0. The summed E-state index contributed by atoms with van der Waals surface area (Å²) in [5, 5.41) is 4.80. The molecule has 0 amide bonds. The van der Waals surface area contributed by atoms with E-state index in [-0.39, 0.29) is 0 Å². The molecule has 1 fully saturated rings. The summed E-state index contributed by atoms with van der Waals surface area (Å²) in [4.78, 5) is 4.74. The molecular formula is C13H24N2S. The number of nitrogens with zero attached hydrogens (tertiary/aromatic N) is 1. The first-order valence-electron chi connectivity index (χ1n) is 6.66. The highest BCUT2D eigenvalue weighted by atomic mass is 32.2. The topological polar surface area (TPSA) is 24.4 Å². The van der Waals surface area contributed by atoms with Crippen molar-refractivity contribution in [2.45, 2.75) is 52.5 Å². The van der Waals surface area contributed by atoms with Crippen molar-refractivity contribution in [1.82, 2.24) is 5.32 Å². The zero-order chi connectivity index (χ0) is 11.6. The van der Waals surface area contributed by atoms with Crippen molar-refractivity contribution in [3.63, 3.8) is 0 Å². The van der Waals surface area contributed by atoms with Crippen LogP contribution < -0.4 is 5.32 Å². The molecule has 0 aromatic carbocycles. The third-order valence-electron chi connectivity index (χ3n) is 4.33. The van der Waals surface area contributed by atoms with Crippen LogP contribution in [0, 0.1) is 11.3 Å². The molecule has 0 saturated heterocycles. The molecule has 1 N–H and O–H groups in total. The van der Waals surface area contributed by atoms with Crippen LogP contribution in [0.25, 0.3) is 0 Å². The predicted molar refractivity (Wildman–Crippen MR) is 73.1 cm³/mol. The quantitative estimate of drug-likeness (QED) is 0.815. The fraction of sp³-hybridized carbons (Fsp3) is 0.923. The fourth-order valence-corrected chi connectivity index (χ4v) is 3.68. The zero-order valence-corrected chi connectivity index (χ0v) is 11.6. The molecule has 3 heteroatoms. The predicted octanol–water partition coefficient (Wildman–Crippen LogP) is 3.28. The van der Waals surface area contributed by atoms with E-state index in [4.69, 9.17) is 4.99 Å². The minimum atomic E-state index is 0.476. The summed E-state index contributed by atoms with van der Waals surface area (Å²) in [6.07, 6.45) is 5.18. The molecule has 2 aliphatic rings. The number of aliphatic imine (C=N–C) groups is 1. The first-order chi connectivity index (χ1) is 7.73. The second-order valence-electron chi connectivity index (χ2n) is 5.27. The van der Waals surface area contributed by atoms with Gasteiger partial charge in [0, 0.05) is 18.3 Å². The Morgan fingerprint density at radius 3 is 2.56 bits per heavy atom. The van der Waals surface area contributed by atoms with Crippen molar-refractivity contribution >= 4 is 16.9 Å². The van der Waals surface area contributed by atoms with Crippen LogP contribution in [0.3, 0.4) is 0 Å². The normalized spacial score (nSPS) is 32.1. The Morgan fingerprint density at radius 1 is 1.38 bits per heavy atom. The van der Waals surface area contributed by atoms with Gasteiger partial charge in [-0.1, -0.05) is 39.0 Å². The zero-order valence-electron chi connectivity index (χ0n) is 10.8. The van der Waals surface area contributed by atoms with E-state index < -0.39 is 0 Å². The maximum atomic E-state index is 4.74. The van der Waals surface area contributed by atoms with Gasteiger partial charge in [-0.2, -0.15) is 0 Å². The third-order valence-corrected chi connectivity index (χ3v) is 5.61. The number of nitrogens with one attached hydrogen (secondary N) is 1. The van der Waals surface area contributed by atoms with Crippen LogP contribution in [0.15, 0.2) is 4.99 Å². The van der Waals surface area contributed by atoms with Gasteiger partial charge >= 0.3 is 0 Å². The van der Waals surface area contributed by atoms with E-state index in [1.54, 1.807) is 0 Å². The molecule has 1 heterocycles. The molecule has 2 rings (SSSR count). The van der Waals surface area contributed by atoms with Crippen molar-refractivity contribution in [2.24, 2.45) is 16.3 Å². The number of hydrogen-bond acceptors (Lipinski definition) is 3. The van der Waals surface area contributed by atoms with Gasteiger partial charge in [0.2, 0.25) is 0 Å². The highest BCUT2D eigenvalue weighted by molar-refractivity contribution is 8.13. The lowest BCUT2D eigenvalue weighted by atomic mass is 9.84. The fourth-order valence-electron chi connectivity index (χ4n) is 2.35. The Labute approximate surface area is 104 Å². The third kappa shape index (κ3) is 2.55. The van der Waals surface area contributed by atoms with Crippen LogP contribution in [-0.2, 0) is 0 Å². The van der Waals surface area contributed by atoms with E-state index >= 15 is 0 Å². The average Bonchev–Trinajstić information content (AvgIpc) is 3.09. The summed E-state index contributed by atoms with van der Waals surface area (Å²) in [7, 11) is 0. The molecular weight excluding hydrogens is 216 g/mol. The van der Waals surface area contributed by atoms with E-state index in [1.165, 1.54) is 36.6 Å². The summed E-state index contributed by atoms with van der Waals surface area (Å²) in [5.41, 5.74) is 0.476. The molecule has 2 atom stereocenters. The minimum absolute atomic E-state index is 0.476. The molecule has 16 heavy (non-hydrogen) atoms. The van der Waals surface area contributed by atoms with E-state index in [1.807, 2.05) is 11.8 Å². The highest BCUT2D eigenvalue weighted by Gasteiger charge is 2.37. The standard InChI is InChI=1S/C13H24N2S/c1-4-10-7-11(10)15-12-14-8-13(5-2,6-3)9-16-12/h10-11H,4-9H2,1-3H3,(H,14,15). The van der Waals surface area contributed by atoms with Gasteiger partial charge < -0.3 is 5.32 Å². The second-order valence-corrected chi connectivity index (χ2v) is 6.24. The monoisotopic (exact) mass is 240 g/mol. The van der Waals surface area contributed by atoms with Gasteiger partial charge in [-0.15, -0.1) is 0 Å². The van der Waals surface area contributed by atoms with Crippen LogP contribution in [-0.4, -0.2) is 23.5 Å². The van der Waals surface area contributed by atoms with Crippen molar-refractivity contribution in [1.29, 1.82) is 0 Å². The van der Waals surface area contributed by atoms with Gasteiger partial charge in [-0.3, -0.25) is 4.99 Å². The number of amidine groups is 1. The van der Waals surface area contributed by atoms with Crippen molar-refractivity contribution in [3.05, 3.63) is 0 Å². The summed E-state index contributed by atoms with van der Waals surface area (Å²) in [6, 6.07) is 0.729. The SMILES string of the molecule is CCC1CC1NC1=NCC(CC)(CC)CS1. The smallest absolute Gasteiger partial charge is 0.156 e. The van der Waals surface area contributed by atoms with E-state index in [0.717, 1.165) is 18.5 Å². The first-order valence-corrected chi connectivity index (χ1v) is 7.65. The largest absolute Gasteiger partial charge is 0.362 e. The van der Waals surface area contributed by atoms with E-state index in [2.05, 4.69) is 26.1 Å². The van der Waals surface area contributed by atoms with Crippen LogP contribution in [0.5, 0.6) is 0 Å². The molecule has 0 aromatic heterocycles. The van der Waals surface area contributed by atoms with Crippen LogP contribution in [0.4, 0.5) is 0 Å². The Hall–Kier alpha value is -0.180. The van der Waals surface area contributed by atoms with Gasteiger partial charge in [0.15, 0.2) is 5.17 Å². The van der Waals surface area contributed by atoms with Crippen molar-refractivity contribution < 1.29 is 0 Å². The van der Waals surface area contributed by atoms with Crippen LogP contribution in [0.2, 0.25) is 0 Å². The van der Waals surface area contributed by atoms with Gasteiger partial charge in [0.25, 0.3) is 0 Å². The Bertz CT molecular complexity index is 271. The highest BCUT2D eigenvalue weighted by Crippen LogP contribution is 2.37. The first kappa shape index (κ1) is 12.3. The van der Waals surface area contributed by atoms with E-state index in [9.17, 15) is 0 Å². The van der Waals surface area contributed by atoms with Crippen molar-refractivity contribution in [2.75, 3.05) is 12.3 Å². The van der Waals surface area contributed by atoms with Crippen LogP contribution in [0.1, 0.15) is 46.5 Å². The van der Waals surface area contributed by atoms with Crippen molar-refractivity contribution in [3.8, 4) is 0 Å². The summed E-state index contributed by atoms with van der Waals surface area (Å²) in [6.45, 7) is 7.90. The molecule has 0 aromatic rings. The molecule has 0 bridgehead atoms. The molecule has 0 spiro atoms. The number of thioether (sulfide) groups is 1. The molecule has 1 saturated carbocycles. The van der Waals surface area contributed by atoms with E-state index in [0.29, 0.717) is 5.41 Å². The Balaban J connectivity index is 1.84. The molecule has 92 valence electrons. The van der Waals surface area contributed by atoms with Gasteiger partial charge in [0.1, 0.15) is 0 Å². The maximum Gasteiger partial charge on any atom is 0.156 e.